The molecular formula is C18H19N3. The van der Waals surface area contributed by atoms with Crippen molar-refractivity contribution in [2.24, 2.45) is 5.84 Å². The molecule has 0 aliphatic carbocycles. The third-order valence-corrected chi connectivity index (χ3v) is 4.15. The molecule has 0 spiro atoms. The molecule has 3 rings (SSSR count). The number of benzene rings is 2. The summed E-state index contributed by atoms with van der Waals surface area (Å²) in [5.41, 5.74) is 7.85. The highest BCUT2D eigenvalue weighted by atomic mass is 15.2. The SMILES string of the molecule is Cc1cccc(C(NN)c2cccc3ccncc23)c1C. The highest BCUT2D eigenvalue weighted by Crippen LogP contribution is 2.30. The van der Waals surface area contributed by atoms with Crippen molar-refractivity contribution in [2.75, 3.05) is 0 Å². The summed E-state index contributed by atoms with van der Waals surface area (Å²) in [6.45, 7) is 4.26. The first-order valence-corrected chi connectivity index (χ1v) is 7.07. The predicted octanol–water partition coefficient (Wildman–Crippen LogP) is 3.40. The van der Waals surface area contributed by atoms with Crippen LogP contribution in [-0.2, 0) is 0 Å². The van der Waals surface area contributed by atoms with Crippen molar-refractivity contribution in [3.05, 3.63) is 77.1 Å². The molecule has 0 aliphatic rings. The number of nitrogens with one attached hydrogen (secondary N) is 1. The van der Waals surface area contributed by atoms with E-state index in [9.17, 15) is 0 Å². The van der Waals surface area contributed by atoms with E-state index in [0.29, 0.717) is 0 Å². The Kier molecular flexibility index (Phi) is 3.69. The molecule has 3 N–H and O–H groups in total. The second kappa shape index (κ2) is 5.64. The minimum absolute atomic E-state index is 0.0437. The first-order chi connectivity index (χ1) is 10.2. The number of nitrogens with zero attached hydrogens (tertiary/aromatic N) is 1. The van der Waals surface area contributed by atoms with Gasteiger partial charge in [0, 0.05) is 17.8 Å². The summed E-state index contributed by atoms with van der Waals surface area (Å²) in [6, 6.07) is 14.6. The van der Waals surface area contributed by atoms with E-state index in [1.54, 1.807) is 0 Å². The van der Waals surface area contributed by atoms with Gasteiger partial charge in [-0.1, -0.05) is 36.4 Å². The average Bonchev–Trinajstić information content (AvgIpc) is 2.52. The number of fused-ring (bicyclic) bond motifs is 1. The third-order valence-electron chi connectivity index (χ3n) is 4.15. The Balaban J connectivity index is 2.21. The van der Waals surface area contributed by atoms with E-state index in [-0.39, 0.29) is 6.04 Å². The van der Waals surface area contributed by atoms with Crippen LogP contribution in [0.25, 0.3) is 10.8 Å². The number of pyridine rings is 1. The molecule has 21 heavy (non-hydrogen) atoms. The fraction of sp³-hybridized carbons (Fsp3) is 0.167. The molecule has 0 aliphatic heterocycles. The largest absolute Gasteiger partial charge is 0.271 e. The van der Waals surface area contributed by atoms with Crippen LogP contribution >= 0.6 is 0 Å². The van der Waals surface area contributed by atoms with E-state index in [1.807, 2.05) is 18.5 Å². The summed E-state index contributed by atoms with van der Waals surface area (Å²) in [5.74, 6) is 5.88. The maximum absolute atomic E-state index is 5.88. The summed E-state index contributed by atoms with van der Waals surface area (Å²) in [5, 5.41) is 2.30. The van der Waals surface area contributed by atoms with Gasteiger partial charge in [0.1, 0.15) is 0 Å². The molecule has 2 aromatic carbocycles. The van der Waals surface area contributed by atoms with Crippen LogP contribution in [0.1, 0.15) is 28.3 Å². The Morgan fingerprint density at radius 1 is 1.00 bits per heavy atom. The van der Waals surface area contributed by atoms with Gasteiger partial charge in [-0.3, -0.25) is 10.8 Å². The van der Waals surface area contributed by atoms with Crippen molar-refractivity contribution in [1.29, 1.82) is 0 Å². The van der Waals surface area contributed by atoms with Crippen LogP contribution in [0.3, 0.4) is 0 Å². The van der Waals surface area contributed by atoms with E-state index in [1.165, 1.54) is 22.1 Å². The predicted molar refractivity (Wildman–Crippen MR) is 86.8 cm³/mol. The first-order valence-electron chi connectivity index (χ1n) is 7.07. The lowest BCUT2D eigenvalue weighted by molar-refractivity contribution is 0.637. The second-order valence-corrected chi connectivity index (χ2v) is 5.33. The van der Waals surface area contributed by atoms with Crippen LogP contribution < -0.4 is 11.3 Å². The number of hydrazine groups is 1. The molecule has 3 aromatic rings. The van der Waals surface area contributed by atoms with Gasteiger partial charge in [0.2, 0.25) is 0 Å². The van der Waals surface area contributed by atoms with E-state index in [2.05, 4.69) is 60.7 Å². The normalized spacial score (nSPS) is 12.5. The minimum Gasteiger partial charge on any atom is -0.271 e. The highest BCUT2D eigenvalue weighted by Gasteiger charge is 2.17. The monoisotopic (exact) mass is 277 g/mol. The third kappa shape index (κ3) is 2.42. The van der Waals surface area contributed by atoms with Crippen molar-refractivity contribution < 1.29 is 0 Å². The van der Waals surface area contributed by atoms with Crippen LogP contribution in [0.2, 0.25) is 0 Å². The molecule has 0 amide bonds. The molecule has 1 aromatic heterocycles. The van der Waals surface area contributed by atoms with Crippen LogP contribution in [0.5, 0.6) is 0 Å². The van der Waals surface area contributed by atoms with Crippen molar-refractivity contribution >= 4 is 10.8 Å². The molecule has 106 valence electrons. The van der Waals surface area contributed by atoms with Gasteiger partial charge < -0.3 is 0 Å². The van der Waals surface area contributed by atoms with Gasteiger partial charge in [-0.2, -0.15) is 0 Å². The molecule has 0 fully saturated rings. The summed E-state index contributed by atoms with van der Waals surface area (Å²) < 4.78 is 0. The maximum Gasteiger partial charge on any atom is 0.0719 e. The molecule has 3 nitrogen and oxygen atoms in total. The Labute approximate surface area is 124 Å². The van der Waals surface area contributed by atoms with Crippen LogP contribution in [-0.4, -0.2) is 4.98 Å². The van der Waals surface area contributed by atoms with Crippen molar-refractivity contribution in [1.82, 2.24) is 10.4 Å². The molecule has 1 atom stereocenters. The molecule has 1 unspecified atom stereocenters. The summed E-state index contributed by atoms with van der Waals surface area (Å²) >= 11 is 0. The van der Waals surface area contributed by atoms with E-state index >= 15 is 0 Å². The van der Waals surface area contributed by atoms with Gasteiger partial charge in [-0.05, 0) is 47.6 Å². The summed E-state index contributed by atoms with van der Waals surface area (Å²) in [4.78, 5) is 4.26. The van der Waals surface area contributed by atoms with Crippen molar-refractivity contribution in [3.63, 3.8) is 0 Å². The number of aromatic nitrogens is 1. The number of rotatable bonds is 3. The second-order valence-electron chi connectivity index (χ2n) is 5.33. The first kappa shape index (κ1) is 13.7. The van der Waals surface area contributed by atoms with Crippen LogP contribution in [0.15, 0.2) is 54.9 Å². The molecular weight excluding hydrogens is 258 g/mol. The Morgan fingerprint density at radius 3 is 2.57 bits per heavy atom. The Hall–Kier alpha value is -2.23. The number of nitrogens with two attached hydrogens (primary N) is 1. The van der Waals surface area contributed by atoms with Gasteiger partial charge >= 0.3 is 0 Å². The molecule has 1 heterocycles. The van der Waals surface area contributed by atoms with Crippen LogP contribution in [0, 0.1) is 13.8 Å². The topological polar surface area (TPSA) is 50.9 Å². The quantitative estimate of drug-likeness (QED) is 0.570. The fourth-order valence-corrected chi connectivity index (χ4v) is 2.82. The van der Waals surface area contributed by atoms with Gasteiger partial charge in [-0.25, -0.2) is 5.43 Å². The average molecular weight is 277 g/mol. The van der Waals surface area contributed by atoms with Crippen molar-refractivity contribution in [3.8, 4) is 0 Å². The molecule has 0 radical (unpaired) electrons. The zero-order valence-corrected chi connectivity index (χ0v) is 12.3. The molecule has 0 bridgehead atoms. The van der Waals surface area contributed by atoms with Gasteiger partial charge in [0.15, 0.2) is 0 Å². The van der Waals surface area contributed by atoms with E-state index in [0.717, 1.165) is 10.9 Å². The maximum atomic E-state index is 5.88. The summed E-state index contributed by atoms with van der Waals surface area (Å²) in [7, 11) is 0. The van der Waals surface area contributed by atoms with Gasteiger partial charge in [-0.15, -0.1) is 0 Å². The standard InChI is InChI=1S/C18H19N3/c1-12-5-3-7-15(13(12)2)18(21-19)16-8-4-6-14-9-10-20-11-17(14)16/h3-11,18,21H,19H2,1-2H3. The smallest absolute Gasteiger partial charge is 0.0719 e. The number of aryl methyl sites for hydroxylation is 1. The van der Waals surface area contributed by atoms with Crippen molar-refractivity contribution in [2.45, 2.75) is 19.9 Å². The molecule has 3 heteroatoms. The van der Waals surface area contributed by atoms with Gasteiger partial charge in [0.05, 0.1) is 6.04 Å². The van der Waals surface area contributed by atoms with E-state index < -0.39 is 0 Å². The molecule has 0 saturated carbocycles. The lowest BCUT2D eigenvalue weighted by atomic mass is 9.91. The van der Waals surface area contributed by atoms with Gasteiger partial charge in [0.25, 0.3) is 0 Å². The Bertz CT molecular complexity index is 775. The zero-order chi connectivity index (χ0) is 14.8. The minimum atomic E-state index is -0.0437. The van der Waals surface area contributed by atoms with E-state index in [4.69, 9.17) is 5.84 Å². The number of hydrogen-bond acceptors (Lipinski definition) is 3. The fourth-order valence-electron chi connectivity index (χ4n) is 2.82. The lowest BCUT2D eigenvalue weighted by Gasteiger charge is -2.21. The number of hydrogen-bond donors (Lipinski definition) is 2. The van der Waals surface area contributed by atoms with Crippen LogP contribution in [0.4, 0.5) is 0 Å². The summed E-state index contributed by atoms with van der Waals surface area (Å²) in [6.07, 6.45) is 3.72. The lowest BCUT2D eigenvalue weighted by Crippen LogP contribution is -2.29. The zero-order valence-electron chi connectivity index (χ0n) is 12.3. The highest BCUT2D eigenvalue weighted by molar-refractivity contribution is 5.85. The molecule has 0 saturated heterocycles. The Morgan fingerprint density at radius 2 is 1.76 bits per heavy atom.